The first-order chi connectivity index (χ1) is 12.3. The average Bonchev–Trinajstić information content (AvgIpc) is 3.34. The summed E-state index contributed by atoms with van der Waals surface area (Å²) in [7, 11) is 0. The van der Waals surface area contributed by atoms with Crippen molar-refractivity contribution in [3.8, 4) is 11.4 Å². The number of hydrogen-bond acceptors (Lipinski definition) is 6. The molecule has 3 heterocycles. The lowest BCUT2D eigenvalue weighted by Gasteiger charge is -2.31. The molecule has 1 aromatic carbocycles. The summed E-state index contributed by atoms with van der Waals surface area (Å²) in [6, 6.07) is 9.86. The molecular weight excluding hydrogens is 320 g/mol. The summed E-state index contributed by atoms with van der Waals surface area (Å²) in [5.74, 6) is 1.70. The molecule has 1 atom stereocenters. The van der Waals surface area contributed by atoms with Crippen molar-refractivity contribution in [2.75, 3.05) is 13.1 Å². The lowest BCUT2D eigenvalue weighted by Crippen LogP contribution is -2.41. The topological polar surface area (TPSA) is 105 Å². The molecule has 3 aromatic rings. The first-order valence-corrected chi connectivity index (χ1v) is 8.26. The number of H-pyrrole nitrogens is 1. The monoisotopic (exact) mass is 338 g/mol. The van der Waals surface area contributed by atoms with Crippen LogP contribution in [0.1, 0.15) is 24.6 Å². The zero-order valence-corrected chi connectivity index (χ0v) is 13.6. The molecule has 9 heteroatoms. The van der Waals surface area contributed by atoms with Crippen LogP contribution >= 0.6 is 0 Å². The molecule has 9 nitrogen and oxygen atoms in total. The number of rotatable bonds is 4. The number of piperidine rings is 1. The van der Waals surface area contributed by atoms with Crippen molar-refractivity contribution in [3.05, 3.63) is 42.5 Å². The van der Waals surface area contributed by atoms with Gasteiger partial charge < -0.3 is 4.90 Å². The molecule has 0 aliphatic carbocycles. The first-order valence-electron chi connectivity index (χ1n) is 8.26. The lowest BCUT2D eigenvalue weighted by molar-refractivity contribution is -0.133. The summed E-state index contributed by atoms with van der Waals surface area (Å²) in [5.41, 5.74) is 0.979. The Morgan fingerprint density at radius 1 is 1.28 bits per heavy atom. The minimum absolute atomic E-state index is 0.0137. The van der Waals surface area contributed by atoms with E-state index in [2.05, 4.69) is 30.7 Å². The van der Waals surface area contributed by atoms with Gasteiger partial charge in [-0.25, -0.2) is 9.67 Å². The number of carbonyl (C=O) groups excluding carboxylic acids is 1. The maximum atomic E-state index is 12.4. The van der Waals surface area contributed by atoms with Gasteiger partial charge in [-0.1, -0.05) is 30.3 Å². The zero-order valence-electron chi connectivity index (χ0n) is 13.6. The van der Waals surface area contributed by atoms with Gasteiger partial charge in [-0.05, 0) is 23.3 Å². The van der Waals surface area contributed by atoms with Crippen LogP contribution in [0.3, 0.4) is 0 Å². The molecule has 4 rings (SSSR count). The van der Waals surface area contributed by atoms with Crippen molar-refractivity contribution >= 4 is 5.91 Å². The number of aromatic amines is 1. The molecule has 1 unspecified atom stereocenters. The van der Waals surface area contributed by atoms with Crippen molar-refractivity contribution < 1.29 is 4.79 Å². The van der Waals surface area contributed by atoms with E-state index in [1.54, 1.807) is 0 Å². The van der Waals surface area contributed by atoms with Crippen molar-refractivity contribution in [2.45, 2.75) is 25.3 Å². The van der Waals surface area contributed by atoms with Gasteiger partial charge >= 0.3 is 0 Å². The molecule has 1 saturated heterocycles. The van der Waals surface area contributed by atoms with Crippen molar-refractivity contribution in [2.24, 2.45) is 0 Å². The minimum atomic E-state index is 0.0137. The maximum Gasteiger partial charge on any atom is 0.244 e. The number of likely N-dealkylation sites (tertiary alicyclic amines) is 1. The Morgan fingerprint density at radius 2 is 2.16 bits per heavy atom. The number of carbonyl (C=O) groups is 1. The van der Waals surface area contributed by atoms with Gasteiger partial charge in [0.05, 0.1) is 0 Å². The van der Waals surface area contributed by atoms with Gasteiger partial charge in [0.1, 0.15) is 18.7 Å². The molecule has 0 saturated carbocycles. The van der Waals surface area contributed by atoms with E-state index in [1.807, 2.05) is 35.2 Å². The van der Waals surface area contributed by atoms with Gasteiger partial charge in [0.15, 0.2) is 5.82 Å². The molecule has 1 fully saturated rings. The van der Waals surface area contributed by atoms with Gasteiger partial charge in [0.25, 0.3) is 0 Å². The number of hydrogen-bond donors (Lipinski definition) is 1. The van der Waals surface area contributed by atoms with E-state index in [4.69, 9.17) is 0 Å². The smallest absolute Gasteiger partial charge is 0.244 e. The Kier molecular flexibility index (Phi) is 4.19. The highest BCUT2D eigenvalue weighted by Crippen LogP contribution is 2.26. The van der Waals surface area contributed by atoms with Crippen LogP contribution < -0.4 is 0 Å². The highest BCUT2D eigenvalue weighted by atomic mass is 16.2. The molecule has 0 spiro atoms. The van der Waals surface area contributed by atoms with Crippen LogP contribution in [0.2, 0.25) is 0 Å². The number of benzene rings is 1. The summed E-state index contributed by atoms with van der Waals surface area (Å²) >= 11 is 0. The lowest BCUT2D eigenvalue weighted by atomic mass is 9.97. The second kappa shape index (κ2) is 6.80. The third kappa shape index (κ3) is 3.39. The Balaban J connectivity index is 1.44. The fourth-order valence-electron chi connectivity index (χ4n) is 3.09. The van der Waals surface area contributed by atoms with Gasteiger partial charge in [0.2, 0.25) is 5.91 Å². The Labute approximate surface area is 144 Å². The van der Waals surface area contributed by atoms with Gasteiger partial charge in [0, 0.05) is 24.6 Å². The summed E-state index contributed by atoms with van der Waals surface area (Å²) in [5, 5.41) is 18.2. The van der Waals surface area contributed by atoms with Crippen LogP contribution in [-0.2, 0) is 11.3 Å². The number of nitrogens with one attached hydrogen (secondary N) is 1. The highest BCUT2D eigenvalue weighted by Gasteiger charge is 2.27. The molecule has 0 radical (unpaired) electrons. The van der Waals surface area contributed by atoms with Crippen LogP contribution in [0.15, 0.2) is 36.7 Å². The van der Waals surface area contributed by atoms with Crippen LogP contribution in [0, 0.1) is 0 Å². The normalized spacial score (nSPS) is 17.6. The Hall–Kier alpha value is -3.10. The van der Waals surface area contributed by atoms with Gasteiger partial charge in [-0.3, -0.25) is 9.89 Å². The number of aromatic nitrogens is 7. The Bertz CT molecular complexity index is 829. The predicted octanol–water partition coefficient (Wildman–Crippen LogP) is 0.864. The molecule has 2 aromatic heterocycles. The zero-order chi connectivity index (χ0) is 17.1. The van der Waals surface area contributed by atoms with E-state index in [1.165, 1.54) is 11.0 Å². The van der Waals surface area contributed by atoms with Crippen LogP contribution in [0.25, 0.3) is 11.4 Å². The number of nitrogens with zero attached hydrogens (tertiary/aromatic N) is 7. The molecule has 1 N–H and O–H groups in total. The average molecular weight is 338 g/mol. The fraction of sp³-hybridized carbons (Fsp3) is 0.375. The number of tetrazole rings is 1. The molecule has 0 bridgehead atoms. The van der Waals surface area contributed by atoms with Crippen molar-refractivity contribution in [1.29, 1.82) is 0 Å². The molecule has 25 heavy (non-hydrogen) atoms. The number of amides is 1. The third-order valence-electron chi connectivity index (χ3n) is 4.38. The van der Waals surface area contributed by atoms with E-state index in [0.717, 1.165) is 30.8 Å². The van der Waals surface area contributed by atoms with Crippen LogP contribution in [0.4, 0.5) is 0 Å². The summed E-state index contributed by atoms with van der Waals surface area (Å²) in [6.07, 6.45) is 3.37. The largest absolute Gasteiger partial charge is 0.340 e. The second-order valence-corrected chi connectivity index (χ2v) is 6.10. The van der Waals surface area contributed by atoms with E-state index in [0.29, 0.717) is 12.4 Å². The van der Waals surface area contributed by atoms with Crippen LogP contribution in [-0.4, -0.2) is 59.3 Å². The SMILES string of the molecule is O=C(Cn1cnnn1)N1CCCC(c2nc(-c3ccccc3)n[nH]2)C1. The van der Waals surface area contributed by atoms with Gasteiger partial charge in [-0.2, -0.15) is 5.10 Å². The second-order valence-electron chi connectivity index (χ2n) is 6.10. The molecular formula is C16H18N8O. The van der Waals surface area contributed by atoms with E-state index < -0.39 is 0 Å². The van der Waals surface area contributed by atoms with E-state index in [9.17, 15) is 4.79 Å². The van der Waals surface area contributed by atoms with Crippen molar-refractivity contribution in [1.82, 2.24) is 40.3 Å². The predicted molar refractivity (Wildman–Crippen MR) is 88.2 cm³/mol. The molecule has 1 aliphatic rings. The summed E-state index contributed by atoms with van der Waals surface area (Å²) in [4.78, 5) is 18.9. The van der Waals surface area contributed by atoms with Crippen molar-refractivity contribution in [3.63, 3.8) is 0 Å². The highest BCUT2D eigenvalue weighted by molar-refractivity contribution is 5.76. The maximum absolute atomic E-state index is 12.4. The Morgan fingerprint density at radius 3 is 2.96 bits per heavy atom. The van der Waals surface area contributed by atoms with E-state index >= 15 is 0 Å². The van der Waals surface area contributed by atoms with Gasteiger partial charge in [-0.15, -0.1) is 5.10 Å². The molecule has 128 valence electrons. The summed E-state index contributed by atoms with van der Waals surface area (Å²) in [6.45, 7) is 1.53. The van der Waals surface area contributed by atoms with Crippen LogP contribution in [0.5, 0.6) is 0 Å². The minimum Gasteiger partial charge on any atom is -0.340 e. The fourth-order valence-corrected chi connectivity index (χ4v) is 3.09. The third-order valence-corrected chi connectivity index (χ3v) is 4.38. The standard InChI is InChI=1S/C16H18N8O/c25-14(10-24-11-17-21-22-24)23-8-4-7-13(9-23)16-18-15(19-20-16)12-5-2-1-3-6-12/h1-3,5-6,11,13H,4,7-10H2,(H,18,19,20). The quantitative estimate of drug-likeness (QED) is 0.756. The molecule has 1 amide bonds. The first kappa shape index (κ1) is 15.4. The van der Waals surface area contributed by atoms with E-state index in [-0.39, 0.29) is 18.4 Å². The molecule has 1 aliphatic heterocycles. The summed E-state index contributed by atoms with van der Waals surface area (Å²) < 4.78 is 1.44.